The smallest absolute Gasteiger partial charge is 0.387 e. The Morgan fingerprint density at radius 1 is 1.10 bits per heavy atom. The molecule has 2 N–H and O–H groups in total. The first-order valence-corrected chi connectivity index (χ1v) is 9.71. The number of methoxy groups -OCH3 is 1. The number of hydrogen-bond acceptors (Lipinski definition) is 4. The standard InChI is InChI=1S/C22H23F2N3O4/c1-3-9-27-10-8-14-11-16(5-6-17(14)27)26-20(28)13-25-21(29)15-4-7-18(31-22(23)24)19(12-15)30-2/h4-8,10-12,22H,3,9,13H2,1-2H3,(H,25,29)(H,26,28). The zero-order chi connectivity index (χ0) is 22.4. The summed E-state index contributed by atoms with van der Waals surface area (Å²) in [4.78, 5) is 24.5. The molecule has 2 amide bonds. The van der Waals surface area contributed by atoms with Crippen LogP contribution in [-0.4, -0.2) is 36.6 Å². The SMILES string of the molecule is CCCn1ccc2cc(NC(=O)CNC(=O)c3ccc(OC(F)F)c(OC)c3)ccc21. The molecule has 1 aromatic heterocycles. The van der Waals surface area contributed by atoms with Gasteiger partial charge in [-0.25, -0.2) is 0 Å². The number of benzene rings is 2. The van der Waals surface area contributed by atoms with Gasteiger partial charge in [0.05, 0.1) is 13.7 Å². The topological polar surface area (TPSA) is 81.6 Å². The normalized spacial score (nSPS) is 10.9. The van der Waals surface area contributed by atoms with Gasteiger partial charge in [0.25, 0.3) is 5.91 Å². The van der Waals surface area contributed by atoms with Gasteiger partial charge < -0.3 is 24.7 Å². The molecule has 2 aromatic carbocycles. The monoisotopic (exact) mass is 431 g/mol. The number of halogens is 2. The van der Waals surface area contributed by atoms with Crippen LogP contribution in [0.5, 0.6) is 11.5 Å². The second-order valence-corrected chi connectivity index (χ2v) is 6.76. The van der Waals surface area contributed by atoms with Crippen LogP contribution in [-0.2, 0) is 11.3 Å². The molecule has 0 radical (unpaired) electrons. The van der Waals surface area contributed by atoms with E-state index in [-0.39, 0.29) is 23.6 Å². The van der Waals surface area contributed by atoms with Crippen molar-refractivity contribution in [3.05, 3.63) is 54.2 Å². The predicted octanol–water partition coefficient (Wildman–Crippen LogP) is 4.03. The van der Waals surface area contributed by atoms with E-state index in [4.69, 9.17) is 4.74 Å². The highest BCUT2D eigenvalue weighted by Crippen LogP contribution is 2.29. The Labute approximate surface area is 177 Å². The van der Waals surface area contributed by atoms with Crippen molar-refractivity contribution in [3.63, 3.8) is 0 Å². The summed E-state index contributed by atoms with van der Waals surface area (Å²) in [6.45, 7) is -0.246. The number of rotatable bonds is 9. The van der Waals surface area contributed by atoms with Crippen molar-refractivity contribution in [3.8, 4) is 11.5 Å². The summed E-state index contributed by atoms with van der Waals surface area (Å²) in [7, 11) is 1.27. The third-order valence-corrected chi connectivity index (χ3v) is 4.57. The van der Waals surface area contributed by atoms with Crippen molar-refractivity contribution in [2.24, 2.45) is 0 Å². The molecular formula is C22H23F2N3O4. The molecule has 0 aliphatic heterocycles. The van der Waals surface area contributed by atoms with E-state index in [9.17, 15) is 18.4 Å². The van der Waals surface area contributed by atoms with Crippen LogP contribution < -0.4 is 20.1 Å². The number of aryl methyl sites for hydroxylation is 1. The maximum Gasteiger partial charge on any atom is 0.387 e. The summed E-state index contributed by atoms with van der Waals surface area (Å²) in [5.41, 5.74) is 1.85. The van der Waals surface area contributed by atoms with Crippen molar-refractivity contribution in [1.29, 1.82) is 0 Å². The van der Waals surface area contributed by atoms with E-state index >= 15 is 0 Å². The van der Waals surface area contributed by atoms with Gasteiger partial charge in [-0.2, -0.15) is 8.78 Å². The average molecular weight is 431 g/mol. The molecule has 3 rings (SSSR count). The quantitative estimate of drug-likeness (QED) is 0.536. The number of alkyl halides is 2. The molecule has 7 nitrogen and oxygen atoms in total. The molecule has 9 heteroatoms. The van der Waals surface area contributed by atoms with E-state index in [0.717, 1.165) is 23.9 Å². The number of hydrogen-bond donors (Lipinski definition) is 2. The Hall–Kier alpha value is -3.62. The lowest BCUT2D eigenvalue weighted by molar-refractivity contribution is -0.115. The van der Waals surface area contributed by atoms with Gasteiger partial charge in [0.15, 0.2) is 11.5 Å². The molecule has 0 aliphatic carbocycles. The van der Waals surface area contributed by atoms with E-state index in [2.05, 4.69) is 26.9 Å². The van der Waals surface area contributed by atoms with Gasteiger partial charge in [0.2, 0.25) is 5.91 Å². The van der Waals surface area contributed by atoms with Crippen molar-refractivity contribution in [2.45, 2.75) is 26.5 Å². The second-order valence-electron chi connectivity index (χ2n) is 6.76. The van der Waals surface area contributed by atoms with Gasteiger partial charge in [0, 0.05) is 34.9 Å². The Morgan fingerprint density at radius 2 is 1.90 bits per heavy atom. The number of ether oxygens (including phenoxy) is 2. The molecule has 3 aromatic rings. The van der Waals surface area contributed by atoms with Gasteiger partial charge in [-0.3, -0.25) is 9.59 Å². The van der Waals surface area contributed by atoms with Gasteiger partial charge in [-0.1, -0.05) is 6.92 Å². The Balaban J connectivity index is 1.59. The molecule has 0 saturated carbocycles. The van der Waals surface area contributed by atoms with Crippen molar-refractivity contribution >= 4 is 28.4 Å². The molecule has 0 atom stereocenters. The van der Waals surface area contributed by atoms with Crippen LogP contribution in [0, 0.1) is 0 Å². The summed E-state index contributed by atoms with van der Waals surface area (Å²) < 4.78 is 36.3. The minimum atomic E-state index is -3.01. The summed E-state index contributed by atoms with van der Waals surface area (Å²) >= 11 is 0. The second kappa shape index (κ2) is 9.92. The highest BCUT2D eigenvalue weighted by atomic mass is 19.3. The zero-order valence-corrected chi connectivity index (χ0v) is 17.2. The highest BCUT2D eigenvalue weighted by Gasteiger charge is 2.15. The largest absolute Gasteiger partial charge is 0.493 e. The van der Waals surface area contributed by atoms with Gasteiger partial charge >= 0.3 is 6.61 Å². The predicted molar refractivity (Wildman–Crippen MR) is 113 cm³/mol. The van der Waals surface area contributed by atoms with E-state index in [1.807, 2.05) is 24.4 Å². The molecule has 0 spiro atoms. The maximum absolute atomic E-state index is 12.4. The maximum atomic E-state index is 12.4. The number of aromatic nitrogens is 1. The Morgan fingerprint density at radius 3 is 2.61 bits per heavy atom. The van der Waals surface area contributed by atoms with Gasteiger partial charge in [0.1, 0.15) is 0 Å². The number of carbonyl (C=O) groups is 2. The van der Waals surface area contributed by atoms with Crippen molar-refractivity contribution < 1.29 is 27.8 Å². The first kappa shape index (κ1) is 22.1. The molecule has 1 heterocycles. The molecule has 0 bridgehead atoms. The number of anilines is 1. The summed E-state index contributed by atoms with van der Waals surface area (Å²) in [5.74, 6) is -1.15. The number of nitrogens with zero attached hydrogens (tertiary/aromatic N) is 1. The van der Waals surface area contributed by atoms with E-state index in [1.54, 1.807) is 6.07 Å². The fourth-order valence-corrected chi connectivity index (χ4v) is 3.18. The molecule has 0 fully saturated rings. The molecule has 0 aliphatic rings. The fourth-order valence-electron chi connectivity index (χ4n) is 3.18. The van der Waals surface area contributed by atoms with Crippen LogP contribution in [0.3, 0.4) is 0 Å². The Kier molecular flexibility index (Phi) is 7.07. The third-order valence-electron chi connectivity index (χ3n) is 4.57. The van der Waals surface area contributed by atoms with Crippen molar-refractivity contribution in [2.75, 3.05) is 19.0 Å². The lowest BCUT2D eigenvalue weighted by Gasteiger charge is -2.12. The van der Waals surface area contributed by atoms with Crippen LogP contribution in [0.15, 0.2) is 48.7 Å². The number of fused-ring (bicyclic) bond motifs is 1. The molecule has 0 saturated heterocycles. The first-order chi connectivity index (χ1) is 14.9. The lowest BCUT2D eigenvalue weighted by atomic mass is 10.2. The van der Waals surface area contributed by atoms with E-state index in [0.29, 0.717) is 5.69 Å². The van der Waals surface area contributed by atoms with Crippen LogP contribution in [0.1, 0.15) is 23.7 Å². The molecular weight excluding hydrogens is 408 g/mol. The fraction of sp³-hybridized carbons (Fsp3) is 0.273. The minimum absolute atomic E-state index is 0.0132. The van der Waals surface area contributed by atoms with Crippen LogP contribution >= 0.6 is 0 Å². The molecule has 0 unspecified atom stereocenters. The number of carbonyl (C=O) groups excluding carboxylic acids is 2. The van der Waals surface area contributed by atoms with E-state index < -0.39 is 18.4 Å². The third kappa shape index (κ3) is 5.50. The highest BCUT2D eigenvalue weighted by molar-refractivity contribution is 6.00. The number of nitrogens with one attached hydrogen (secondary N) is 2. The first-order valence-electron chi connectivity index (χ1n) is 9.71. The van der Waals surface area contributed by atoms with Crippen LogP contribution in [0.4, 0.5) is 14.5 Å². The summed E-state index contributed by atoms with van der Waals surface area (Å²) in [5, 5.41) is 6.24. The van der Waals surface area contributed by atoms with Crippen LogP contribution in [0.2, 0.25) is 0 Å². The number of amides is 2. The van der Waals surface area contributed by atoms with Gasteiger partial charge in [-0.15, -0.1) is 0 Å². The van der Waals surface area contributed by atoms with Gasteiger partial charge in [-0.05, 0) is 48.9 Å². The molecule has 164 valence electrons. The summed E-state index contributed by atoms with van der Waals surface area (Å²) in [6.07, 6.45) is 3.03. The van der Waals surface area contributed by atoms with E-state index in [1.165, 1.54) is 25.3 Å². The lowest BCUT2D eigenvalue weighted by Crippen LogP contribution is -2.32. The average Bonchev–Trinajstić information content (AvgIpc) is 3.14. The Bertz CT molecular complexity index is 1080. The molecule has 31 heavy (non-hydrogen) atoms. The zero-order valence-electron chi connectivity index (χ0n) is 17.2. The van der Waals surface area contributed by atoms with Crippen LogP contribution in [0.25, 0.3) is 10.9 Å². The minimum Gasteiger partial charge on any atom is -0.493 e. The van der Waals surface area contributed by atoms with Crippen molar-refractivity contribution in [1.82, 2.24) is 9.88 Å². The summed E-state index contributed by atoms with van der Waals surface area (Å²) in [6, 6.07) is 11.4.